The van der Waals surface area contributed by atoms with Crippen LogP contribution in [0.5, 0.6) is 0 Å². The number of unbranched alkanes of at least 4 members (excludes halogenated alkanes) is 1. The van der Waals surface area contributed by atoms with E-state index < -0.39 is 0 Å². The van der Waals surface area contributed by atoms with Crippen molar-refractivity contribution in [3.05, 3.63) is 0 Å². The van der Waals surface area contributed by atoms with Gasteiger partial charge in [-0.2, -0.15) is 0 Å². The van der Waals surface area contributed by atoms with Gasteiger partial charge in [-0.3, -0.25) is 0 Å². The van der Waals surface area contributed by atoms with E-state index in [1.807, 2.05) is 0 Å². The number of alkyl halides is 1. The molecule has 0 radical (unpaired) electrons. The van der Waals surface area contributed by atoms with Gasteiger partial charge in [0.1, 0.15) is 0 Å². The van der Waals surface area contributed by atoms with Gasteiger partial charge in [-0.15, -0.1) is 0 Å². The zero-order valence-electron chi connectivity index (χ0n) is 8.97. The van der Waals surface area contributed by atoms with Crippen LogP contribution in [-0.4, -0.2) is 45.5 Å². The minimum absolute atomic E-state index is 0.673. The van der Waals surface area contributed by atoms with Crippen LogP contribution in [-0.2, 0) is 14.2 Å². The molecule has 0 saturated carbocycles. The molecule has 0 atom stereocenters. The van der Waals surface area contributed by atoms with Gasteiger partial charge in [0.2, 0.25) is 0 Å². The number of hydrogen-bond donors (Lipinski definition) is 0. The van der Waals surface area contributed by atoms with E-state index in [1.54, 1.807) is 7.11 Å². The Bertz CT molecular complexity index is 89.4. The van der Waals surface area contributed by atoms with E-state index in [0.717, 1.165) is 38.0 Å². The lowest BCUT2D eigenvalue weighted by molar-refractivity contribution is 0.0510. The second-order valence-electron chi connectivity index (χ2n) is 2.97. The fraction of sp³-hybridized carbons (Fsp3) is 1.00. The summed E-state index contributed by atoms with van der Waals surface area (Å²) in [6.45, 7) is 3.78. The van der Waals surface area contributed by atoms with Crippen LogP contribution in [0.15, 0.2) is 0 Å². The Balaban J connectivity index is 2.78. The van der Waals surface area contributed by atoms with E-state index >= 15 is 0 Å². The molecular formula is C10H21BrO3. The predicted molar refractivity (Wildman–Crippen MR) is 61.2 cm³/mol. The molecule has 14 heavy (non-hydrogen) atoms. The molecule has 0 aromatic heterocycles. The Morgan fingerprint density at radius 1 is 0.786 bits per heavy atom. The van der Waals surface area contributed by atoms with Crippen LogP contribution in [0.25, 0.3) is 0 Å². The molecule has 0 unspecified atom stereocenters. The zero-order chi connectivity index (χ0) is 10.5. The molecule has 0 amide bonds. The highest BCUT2D eigenvalue weighted by Gasteiger charge is 1.91. The van der Waals surface area contributed by atoms with Gasteiger partial charge in [0.25, 0.3) is 0 Å². The van der Waals surface area contributed by atoms with Gasteiger partial charge in [-0.1, -0.05) is 15.9 Å². The summed E-state index contributed by atoms with van der Waals surface area (Å²) in [4.78, 5) is 0. The number of ether oxygens (including phenoxy) is 3. The van der Waals surface area contributed by atoms with Gasteiger partial charge in [0.05, 0.1) is 13.2 Å². The van der Waals surface area contributed by atoms with Crippen molar-refractivity contribution in [2.75, 3.05) is 45.5 Å². The van der Waals surface area contributed by atoms with Crippen molar-refractivity contribution in [1.29, 1.82) is 0 Å². The SMILES string of the molecule is COCCOCCCOCCCCBr. The van der Waals surface area contributed by atoms with Gasteiger partial charge in [0.15, 0.2) is 0 Å². The van der Waals surface area contributed by atoms with Crippen molar-refractivity contribution in [2.45, 2.75) is 19.3 Å². The highest BCUT2D eigenvalue weighted by atomic mass is 79.9. The summed E-state index contributed by atoms with van der Waals surface area (Å²) < 4.78 is 15.6. The first-order valence-corrected chi connectivity index (χ1v) is 6.24. The van der Waals surface area contributed by atoms with E-state index in [9.17, 15) is 0 Å². The molecule has 0 saturated heterocycles. The van der Waals surface area contributed by atoms with E-state index in [1.165, 1.54) is 6.42 Å². The average Bonchev–Trinajstić information content (AvgIpc) is 2.21. The molecular weight excluding hydrogens is 248 g/mol. The molecule has 0 spiro atoms. The smallest absolute Gasteiger partial charge is 0.0700 e. The summed E-state index contributed by atoms with van der Waals surface area (Å²) in [6, 6.07) is 0. The van der Waals surface area contributed by atoms with Crippen LogP contribution in [0.2, 0.25) is 0 Å². The molecule has 0 aromatic carbocycles. The highest BCUT2D eigenvalue weighted by Crippen LogP contribution is 1.95. The molecule has 0 aliphatic carbocycles. The lowest BCUT2D eigenvalue weighted by Crippen LogP contribution is -2.06. The van der Waals surface area contributed by atoms with Crippen molar-refractivity contribution in [1.82, 2.24) is 0 Å². The van der Waals surface area contributed by atoms with Gasteiger partial charge >= 0.3 is 0 Å². The van der Waals surface area contributed by atoms with Crippen LogP contribution >= 0.6 is 15.9 Å². The second-order valence-corrected chi connectivity index (χ2v) is 3.76. The highest BCUT2D eigenvalue weighted by molar-refractivity contribution is 9.09. The Morgan fingerprint density at radius 2 is 1.43 bits per heavy atom. The van der Waals surface area contributed by atoms with Crippen molar-refractivity contribution >= 4 is 15.9 Å². The van der Waals surface area contributed by atoms with Crippen molar-refractivity contribution in [2.24, 2.45) is 0 Å². The number of methoxy groups -OCH3 is 1. The maximum absolute atomic E-state index is 5.41. The molecule has 0 bridgehead atoms. The standard InChI is InChI=1S/C10H21BrO3/c1-12-9-10-14-8-4-7-13-6-3-2-5-11/h2-10H2,1H3. The molecule has 0 aliphatic heterocycles. The van der Waals surface area contributed by atoms with Gasteiger partial charge in [0, 0.05) is 32.3 Å². The van der Waals surface area contributed by atoms with Gasteiger partial charge in [-0.05, 0) is 19.3 Å². The van der Waals surface area contributed by atoms with E-state index in [0.29, 0.717) is 13.2 Å². The van der Waals surface area contributed by atoms with Gasteiger partial charge in [-0.25, -0.2) is 0 Å². The zero-order valence-corrected chi connectivity index (χ0v) is 10.6. The van der Waals surface area contributed by atoms with Crippen molar-refractivity contribution in [3.63, 3.8) is 0 Å². The molecule has 3 nitrogen and oxygen atoms in total. The third-order valence-electron chi connectivity index (χ3n) is 1.68. The summed E-state index contributed by atoms with van der Waals surface area (Å²) in [6.07, 6.45) is 3.29. The quantitative estimate of drug-likeness (QED) is 0.425. The van der Waals surface area contributed by atoms with Crippen molar-refractivity contribution < 1.29 is 14.2 Å². The van der Waals surface area contributed by atoms with Crippen molar-refractivity contribution in [3.8, 4) is 0 Å². The minimum atomic E-state index is 0.673. The fourth-order valence-electron chi connectivity index (χ4n) is 0.908. The van der Waals surface area contributed by atoms with Crippen LogP contribution < -0.4 is 0 Å². The normalized spacial score (nSPS) is 10.7. The first kappa shape index (κ1) is 14.4. The fourth-order valence-corrected chi connectivity index (χ4v) is 1.30. The largest absolute Gasteiger partial charge is 0.382 e. The van der Waals surface area contributed by atoms with Crippen LogP contribution in [0, 0.1) is 0 Å². The Labute approximate surface area is 95.2 Å². The van der Waals surface area contributed by atoms with E-state index in [4.69, 9.17) is 14.2 Å². The molecule has 0 rings (SSSR count). The lowest BCUT2D eigenvalue weighted by atomic mass is 10.4. The summed E-state index contributed by atoms with van der Waals surface area (Å²) in [5.41, 5.74) is 0. The molecule has 0 fully saturated rings. The summed E-state index contributed by atoms with van der Waals surface area (Å²) in [5, 5.41) is 1.07. The number of rotatable bonds is 11. The van der Waals surface area contributed by atoms with Crippen LogP contribution in [0.3, 0.4) is 0 Å². The van der Waals surface area contributed by atoms with E-state index in [2.05, 4.69) is 15.9 Å². The molecule has 4 heteroatoms. The summed E-state index contributed by atoms with van der Waals surface area (Å²) in [7, 11) is 1.68. The maximum atomic E-state index is 5.41. The number of halogens is 1. The van der Waals surface area contributed by atoms with E-state index in [-0.39, 0.29) is 0 Å². The van der Waals surface area contributed by atoms with Crippen LogP contribution in [0.4, 0.5) is 0 Å². The third kappa shape index (κ3) is 12.4. The first-order valence-electron chi connectivity index (χ1n) is 5.12. The van der Waals surface area contributed by atoms with Gasteiger partial charge < -0.3 is 14.2 Å². The average molecular weight is 269 g/mol. The lowest BCUT2D eigenvalue weighted by Gasteiger charge is -2.04. The minimum Gasteiger partial charge on any atom is -0.382 e. The third-order valence-corrected chi connectivity index (χ3v) is 2.24. The Hall–Kier alpha value is 0.360. The monoisotopic (exact) mass is 268 g/mol. The Kier molecular flexibility index (Phi) is 13.7. The Morgan fingerprint density at radius 3 is 2.07 bits per heavy atom. The second kappa shape index (κ2) is 13.4. The predicted octanol–water partition coefficient (Wildman–Crippen LogP) is 2.23. The molecule has 0 aliphatic rings. The summed E-state index contributed by atoms with van der Waals surface area (Å²) in [5.74, 6) is 0. The molecule has 0 heterocycles. The molecule has 86 valence electrons. The topological polar surface area (TPSA) is 27.7 Å². The first-order chi connectivity index (χ1) is 6.91. The molecule has 0 N–H and O–H groups in total. The molecule has 0 aromatic rings. The number of hydrogen-bond acceptors (Lipinski definition) is 3. The summed E-state index contributed by atoms with van der Waals surface area (Å²) >= 11 is 3.38. The van der Waals surface area contributed by atoms with Crippen LogP contribution in [0.1, 0.15) is 19.3 Å². The maximum Gasteiger partial charge on any atom is 0.0700 e.